The van der Waals surface area contributed by atoms with Gasteiger partial charge in [-0.15, -0.1) is 21.5 Å². The highest BCUT2D eigenvalue weighted by Crippen LogP contribution is 2.40. The fourth-order valence-corrected chi connectivity index (χ4v) is 5.15. The van der Waals surface area contributed by atoms with Crippen LogP contribution in [0.25, 0.3) is 21.8 Å². The summed E-state index contributed by atoms with van der Waals surface area (Å²) in [5.74, 6) is 0.609. The van der Waals surface area contributed by atoms with Crippen LogP contribution in [-0.4, -0.2) is 43.8 Å². The molecule has 0 spiro atoms. The van der Waals surface area contributed by atoms with E-state index in [4.69, 9.17) is 0 Å². The van der Waals surface area contributed by atoms with Gasteiger partial charge in [-0.25, -0.2) is 0 Å². The first-order valence-corrected chi connectivity index (χ1v) is 11.8. The molecule has 0 bridgehead atoms. The Morgan fingerprint density at radius 1 is 1.09 bits per heavy atom. The van der Waals surface area contributed by atoms with Gasteiger partial charge in [-0.2, -0.15) is 5.21 Å². The van der Waals surface area contributed by atoms with E-state index >= 15 is 0 Å². The third-order valence-electron chi connectivity index (χ3n) is 6.04. The number of aromatic amines is 1. The van der Waals surface area contributed by atoms with E-state index in [-0.39, 0.29) is 18.1 Å². The Kier molecular flexibility index (Phi) is 5.83. The molecule has 2 aromatic carbocycles. The molecule has 0 fully saturated rings. The fraction of sp³-hybridized carbons (Fsp3) is 0.240. The quantitative estimate of drug-likeness (QED) is 0.317. The van der Waals surface area contributed by atoms with E-state index in [1.54, 1.807) is 24.3 Å². The minimum absolute atomic E-state index is 0.0108. The van der Waals surface area contributed by atoms with Crippen LogP contribution in [0.2, 0.25) is 0 Å². The Balaban J connectivity index is 1.30. The highest BCUT2D eigenvalue weighted by Gasteiger charge is 2.17. The molecule has 2 heterocycles. The second-order valence-electron chi connectivity index (χ2n) is 8.16. The number of benzene rings is 2. The van der Waals surface area contributed by atoms with Gasteiger partial charge in [-0.1, -0.05) is 36.4 Å². The van der Waals surface area contributed by atoms with Crippen molar-refractivity contribution in [1.82, 2.24) is 20.6 Å². The van der Waals surface area contributed by atoms with Gasteiger partial charge >= 0.3 is 0 Å². The Hall–Kier alpha value is -3.65. The molecule has 0 aliphatic heterocycles. The number of Topliss-reactive ketones (excluding diaryl/α,β-unsaturated/α-hetero) is 1. The van der Waals surface area contributed by atoms with Crippen LogP contribution in [0.5, 0.6) is 5.75 Å². The molecule has 0 saturated carbocycles. The number of nitrogens with one attached hydrogen (secondary N) is 1. The molecule has 0 amide bonds. The largest absolute Gasteiger partial charge is 0.506 e. The number of aryl methyl sites for hydroxylation is 2. The monoisotopic (exact) mass is 457 g/mol. The number of hydrogen-bond acceptors (Lipinski definition) is 7. The predicted octanol–water partition coefficient (Wildman–Crippen LogP) is 4.87. The van der Waals surface area contributed by atoms with Gasteiger partial charge in [0.25, 0.3) is 0 Å². The number of carbonyl (C=O) groups excluding carboxylic acids is 1. The molecule has 8 heteroatoms. The third-order valence-corrected chi connectivity index (χ3v) is 7.05. The zero-order valence-electron chi connectivity index (χ0n) is 18.2. The summed E-state index contributed by atoms with van der Waals surface area (Å²) in [6.07, 6.45) is 4.70. The second-order valence-corrected chi connectivity index (χ2v) is 9.03. The van der Waals surface area contributed by atoms with Gasteiger partial charge in [0.2, 0.25) is 5.82 Å². The van der Waals surface area contributed by atoms with Crippen molar-refractivity contribution in [3.05, 3.63) is 70.1 Å². The smallest absolute Gasteiger partial charge is 0.204 e. The van der Waals surface area contributed by atoms with Crippen molar-refractivity contribution in [2.24, 2.45) is 4.99 Å². The van der Waals surface area contributed by atoms with Crippen molar-refractivity contribution in [2.45, 2.75) is 32.6 Å². The molecule has 0 saturated heterocycles. The number of rotatable bonds is 6. The maximum atomic E-state index is 12.6. The van der Waals surface area contributed by atoms with Gasteiger partial charge < -0.3 is 5.11 Å². The summed E-state index contributed by atoms with van der Waals surface area (Å²) in [7, 11) is 0. The molecule has 0 atom stereocenters. The summed E-state index contributed by atoms with van der Waals surface area (Å²) in [6, 6.07) is 13.5. The number of nitrogens with zero attached hydrogens (tertiary/aromatic N) is 4. The molecule has 0 unspecified atom stereocenters. The molecule has 0 radical (unpaired) electrons. The number of ketones is 1. The van der Waals surface area contributed by atoms with Crippen molar-refractivity contribution in [3.8, 4) is 27.6 Å². The van der Waals surface area contributed by atoms with Gasteiger partial charge in [0.05, 0.1) is 4.88 Å². The minimum Gasteiger partial charge on any atom is -0.506 e. The lowest BCUT2D eigenvalue weighted by Crippen LogP contribution is -2.06. The van der Waals surface area contributed by atoms with Crippen LogP contribution >= 0.6 is 11.3 Å². The molecule has 7 nitrogen and oxygen atoms in total. The van der Waals surface area contributed by atoms with E-state index in [9.17, 15) is 9.90 Å². The number of tetrazole rings is 1. The van der Waals surface area contributed by atoms with Gasteiger partial charge in [-0.05, 0) is 60.6 Å². The Labute approximate surface area is 195 Å². The molecule has 1 aliphatic rings. The molecule has 2 aromatic heterocycles. The topological polar surface area (TPSA) is 104 Å². The van der Waals surface area contributed by atoms with Crippen LogP contribution in [0.4, 0.5) is 0 Å². The van der Waals surface area contributed by atoms with E-state index in [0.29, 0.717) is 22.7 Å². The zero-order chi connectivity index (χ0) is 22.8. The van der Waals surface area contributed by atoms with Crippen LogP contribution in [0, 0.1) is 0 Å². The van der Waals surface area contributed by atoms with E-state index in [1.165, 1.54) is 35.3 Å². The van der Waals surface area contributed by atoms with Crippen molar-refractivity contribution < 1.29 is 9.90 Å². The van der Waals surface area contributed by atoms with Crippen LogP contribution in [0.3, 0.4) is 0 Å². The van der Waals surface area contributed by atoms with Crippen LogP contribution < -0.4 is 0 Å². The van der Waals surface area contributed by atoms with E-state index in [2.05, 4.69) is 43.8 Å². The summed E-state index contributed by atoms with van der Waals surface area (Å²) >= 11 is 1.50. The maximum Gasteiger partial charge on any atom is 0.204 e. The SMILES string of the molecule is CC(=NCC(=O)c1ccc(-c2nn[nH]n2)cc1)c1csc(-c2ccc3c(c2)CCCC3)c1O. The predicted molar refractivity (Wildman–Crippen MR) is 129 cm³/mol. The van der Waals surface area contributed by atoms with Crippen molar-refractivity contribution >= 4 is 22.8 Å². The molecule has 2 N–H and O–H groups in total. The fourth-order valence-electron chi connectivity index (χ4n) is 4.14. The highest BCUT2D eigenvalue weighted by molar-refractivity contribution is 7.14. The van der Waals surface area contributed by atoms with Crippen molar-refractivity contribution in [2.75, 3.05) is 6.54 Å². The van der Waals surface area contributed by atoms with E-state index < -0.39 is 0 Å². The lowest BCUT2D eigenvalue weighted by molar-refractivity contribution is 0.100. The molecule has 4 aromatic rings. The Morgan fingerprint density at radius 3 is 2.61 bits per heavy atom. The summed E-state index contributed by atoms with van der Waals surface area (Å²) in [4.78, 5) is 17.9. The maximum absolute atomic E-state index is 12.6. The standard InChI is InChI=1S/C25H23N5O2S/c1-15(26-13-22(31)17-7-9-18(10-8-17)25-27-29-30-28-25)21-14-33-24(23(21)32)20-11-6-16-4-2-3-5-19(16)12-20/h6-12,14,32H,2-5,13H2,1H3,(H,27,28,29,30). The summed E-state index contributed by atoms with van der Waals surface area (Å²) in [5.41, 5.74) is 6.49. The summed E-state index contributed by atoms with van der Waals surface area (Å²) in [5, 5.41) is 26.6. The lowest BCUT2D eigenvalue weighted by atomic mass is 9.90. The second kappa shape index (κ2) is 9.07. The van der Waals surface area contributed by atoms with Crippen LogP contribution in [-0.2, 0) is 12.8 Å². The first kappa shape index (κ1) is 21.2. The van der Waals surface area contributed by atoms with Gasteiger partial charge in [-0.3, -0.25) is 9.79 Å². The van der Waals surface area contributed by atoms with E-state index in [1.807, 2.05) is 12.3 Å². The Bertz CT molecular complexity index is 1320. The van der Waals surface area contributed by atoms with Crippen molar-refractivity contribution in [3.63, 3.8) is 0 Å². The molecule has 5 rings (SSSR count). The molecular formula is C25H23N5O2S. The van der Waals surface area contributed by atoms with Crippen LogP contribution in [0.1, 0.15) is 46.8 Å². The van der Waals surface area contributed by atoms with Gasteiger partial charge in [0.15, 0.2) is 5.78 Å². The number of hydrogen-bond donors (Lipinski definition) is 2. The number of fused-ring (bicyclic) bond motifs is 1. The number of H-pyrrole nitrogens is 1. The Morgan fingerprint density at radius 2 is 1.85 bits per heavy atom. The molecule has 166 valence electrons. The minimum atomic E-state index is -0.0985. The number of aromatic hydroxyl groups is 1. The van der Waals surface area contributed by atoms with Gasteiger partial charge in [0, 0.05) is 27.8 Å². The van der Waals surface area contributed by atoms with Crippen LogP contribution in [0.15, 0.2) is 52.8 Å². The van der Waals surface area contributed by atoms with Crippen molar-refractivity contribution in [1.29, 1.82) is 0 Å². The normalized spacial score (nSPS) is 13.7. The number of thiophene rings is 1. The highest BCUT2D eigenvalue weighted by atomic mass is 32.1. The lowest BCUT2D eigenvalue weighted by Gasteiger charge is -2.16. The average Bonchev–Trinajstić information content (AvgIpc) is 3.52. The molecular weight excluding hydrogens is 434 g/mol. The number of aromatic nitrogens is 4. The summed E-state index contributed by atoms with van der Waals surface area (Å²) < 4.78 is 0. The number of aliphatic imine (C=N–C) groups is 1. The summed E-state index contributed by atoms with van der Waals surface area (Å²) in [6.45, 7) is 1.84. The molecule has 1 aliphatic carbocycles. The third kappa shape index (κ3) is 4.34. The average molecular weight is 458 g/mol. The first-order chi connectivity index (χ1) is 16.1. The first-order valence-electron chi connectivity index (χ1n) is 10.9. The zero-order valence-corrected chi connectivity index (χ0v) is 19.0. The number of carbonyl (C=O) groups is 1. The van der Waals surface area contributed by atoms with E-state index in [0.717, 1.165) is 28.8 Å². The molecule has 33 heavy (non-hydrogen) atoms. The van der Waals surface area contributed by atoms with Gasteiger partial charge in [0.1, 0.15) is 12.3 Å².